The Balaban J connectivity index is 2.07. The van der Waals surface area contributed by atoms with Crippen LogP contribution in [-0.4, -0.2) is 14.6 Å². The molecular formula is C18H13N3O. The summed E-state index contributed by atoms with van der Waals surface area (Å²) in [4.78, 5) is 16.4. The normalized spacial score (nSPS) is 11.1. The number of hydrogen-bond acceptors (Lipinski definition) is 3. The molecule has 0 atom stereocenters. The van der Waals surface area contributed by atoms with Crippen LogP contribution in [0.1, 0.15) is 5.56 Å². The van der Waals surface area contributed by atoms with Crippen molar-refractivity contribution in [2.24, 2.45) is 0 Å². The largest absolute Gasteiger partial charge is 0.300 e. The highest BCUT2D eigenvalue weighted by Gasteiger charge is 2.09. The monoisotopic (exact) mass is 287 g/mol. The summed E-state index contributed by atoms with van der Waals surface area (Å²) in [6.07, 6.45) is 0. The molecule has 0 bridgehead atoms. The Morgan fingerprint density at radius 2 is 1.68 bits per heavy atom. The van der Waals surface area contributed by atoms with Crippen LogP contribution in [0.3, 0.4) is 0 Å². The number of rotatable bonds is 1. The van der Waals surface area contributed by atoms with E-state index < -0.39 is 0 Å². The van der Waals surface area contributed by atoms with Gasteiger partial charge in [-0.25, -0.2) is 4.52 Å². The second-order valence-corrected chi connectivity index (χ2v) is 5.29. The minimum Gasteiger partial charge on any atom is -0.265 e. The molecule has 106 valence electrons. The third kappa shape index (κ3) is 1.97. The summed E-state index contributed by atoms with van der Waals surface area (Å²) in [6.45, 7) is 2.01. The Labute approximate surface area is 126 Å². The Kier molecular flexibility index (Phi) is 2.76. The first-order chi connectivity index (χ1) is 10.7. The molecule has 0 aliphatic carbocycles. The highest BCUT2D eigenvalue weighted by atomic mass is 16.1. The predicted molar refractivity (Wildman–Crippen MR) is 86.9 cm³/mol. The lowest BCUT2D eigenvalue weighted by Crippen LogP contribution is -2.16. The Morgan fingerprint density at radius 1 is 0.909 bits per heavy atom. The standard InChI is InChI=1S/C18H13N3O/c1-12-6-8-14(9-7-12)17-18(22)19-16-11-10-13-4-2-3-5-15(13)21(16)20-17/h2-11H,1H3. The van der Waals surface area contributed by atoms with Gasteiger partial charge in [-0.1, -0.05) is 48.0 Å². The summed E-state index contributed by atoms with van der Waals surface area (Å²) < 4.78 is 1.73. The molecule has 2 aromatic heterocycles. The molecule has 0 spiro atoms. The van der Waals surface area contributed by atoms with E-state index >= 15 is 0 Å². The van der Waals surface area contributed by atoms with Crippen molar-refractivity contribution in [1.29, 1.82) is 0 Å². The van der Waals surface area contributed by atoms with Crippen LogP contribution < -0.4 is 5.56 Å². The van der Waals surface area contributed by atoms with E-state index in [1.807, 2.05) is 67.6 Å². The van der Waals surface area contributed by atoms with Gasteiger partial charge in [0.1, 0.15) is 0 Å². The number of para-hydroxylation sites is 1. The van der Waals surface area contributed by atoms with Crippen LogP contribution in [0.2, 0.25) is 0 Å². The topological polar surface area (TPSA) is 47.3 Å². The van der Waals surface area contributed by atoms with Gasteiger partial charge in [-0.3, -0.25) is 4.79 Å². The van der Waals surface area contributed by atoms with Gasteiger partial charge in [0.25, 0.3) is 5.56 Å². The van der Waals surface area contributed by atoms with Gasteiger partial charge in [0.15, 0.2) is 11.3 Å². The Bertz CT molecular complexity index is 1050. The molecule has 0 aliphatic heterocycles. The van der Waals surface area contributed by atoms with E-state index in [2.05, 4.69) is 10.1 Å². The summed E-state index contributed by atoms with van der Waals surface area (Å²) in [5.41, 5.74) is 3.47. The van der Waals surface area contributed by atoms with Crippen molar-refractivity contribution in [2.45, 2.75) is 6.92 Å². The first kappa shape index (κ1) is 12.7. The molecule has 4 rings (SSSR count). The predicted octanol–water partition coefficient (Wildman–Crippen LogP) is 3.22. The summed E-state index contributed by atoms with van der Waals surface area (Å²) >= 11 is 0. The van der Waals surface area contributed by atoms with E-state index in [0.717, 1.165) is 22.0 Å². The summed E-state index contributed by atoms with van der Waals surface area (Å²) in [5.74, 6) is 0. The van der Waals surface area contributed by atoms with Gasteiger partial charge >= 0.3 is 0 Å². The summed E-state index contributed by atoms with van der Waals surface area (Å²) in [7, 11) is 0. The fraction of sp³-hybridized carbons (Fsp3) is 0.0556. The molecular weight excluding hydrogens is 274 g/mol. The first-order valence-corrected chi connectivity index (χ1v) is 7.08. The first-order valence-electron chi connectivity index (χ1n) is 7.08. The van der Waals surface area contributed by atoms with E-state index in [1.165, 1.54) is 0 Å². The lowest BCUT2D eigenvalue weighted by molar-refractivity contribution is 0.921. The number of hydrogen-bond donors (Lipinski definition) is 0. The minimum atomic E-state index is -0.306. The van der Waals surface area contributed by atoms with Crippen LogP contribution in [-0.2, 0) is 0 Å². The Hall–Kier alpha value is -3.01. The number of aromatic nitrogens is 3. The molecule has 0 fully saturated rings. The smallest absolute Gasteiger partial charge is 0.265 e. The van der Waals surface area contributed by atoms with Crippen molar-refractivity contribution in [1.82, 2.24) is 14.6 Å². The Morgan fingerprint density at radius 3 is 2.50 bits per heavy atom. The van der Waals surface area contributed by atoms with Crippen molar-refractivity contribution in [2.75, 3.05) is 0 Å². The second kappa shape index (κ2) is 4.77. The van der Waals surface area contributed by atoms with Crippen molar-refractivity contribution in [3.05, 3.63) is 76.6 Å². The van der Waals surface area contributed by atoms with Gasteiger partial charge in [-0.2, -0.15) is 10.1 Å². The minimum absolute atomic E-state index is 0.306. The van der Waals surface area contributed by atoms with E-state index in [4.69, 9.17) is 0 Å². The molecule has 0 saturated heterocycles. The molecule has 4 heteroatoms. The van der Waals surface area contributed by atoms with Crippen molar-refractivity contribution in [3.63, 3.8) is 0 Å². The number of aryl methyl sites for hydroxylation is 1. The molecule has 0 unspecified atom stereocenters. The fourth-order valence-corrected chi connectivity index (χ4v) is 2.56. The van der Waals surface area contributed by atoms with Crippen LogP contribution in [0.15, 0.2) is 65.5 Å². The molecule has 0 amide bonds. The number of pyridine rings is 1. The van der Waals surface area contributed by atoms with Crippen LogP contribution >= 0.6 is 0 Å². The van der Waals surface area contributed by atoms with Crippen LogP contribution in [0, 0.1) is 6.92 Å². The highest BCUT2D eigenvalue weighted by molar-refractivity contribution is 5.81. The van der Waals surface area contributed by atoms with Gasteiger partial charge in [0.2, 0.25) is 0 Å². The second-order valence-electron chi connectivity index (χ2n) is 5.29. The zero-order valence-electron chi connectivity index (χ0n) is 12.0. The van der Waals surface area contributed by atoms with Crippen LogP contribution in [0.4, 0.5) is 0 Å². The van der Waals surface area contributed by atoms with Crippen LogP contribution in [0.25, 0.3) is 27.8 Å². The number of benzene rings is 2. The molecule has 22 heavy (non-hydrogen) atoms. The van der Waals surface area contributed by atoms with Gasteiger partial charge in [0, 0.05) is 10.9 Å². The van der Waals surface area contributed by atoms with E-state index in [-0.39, 0.29) is 5.56 Å². The zero-order chi connectivity index (χ0) is 15.1. The quantitative estimate of drug-likeness (QED) is 0.505. The number of fused-ring (bicyclic) bond motifs is 3. The maximum absolute atomic E-state index is 12.3. The van der Waals surface area contributed by atoms with Crippen molar-refractivity contribution < 1.29 is 0 Å². The zero-order valence-corrected chi connectivity index (χ0v) is 12.0. The molecule has 4 aromatic rings. The SMILES string of the molecule is Cc1ccc(-c2nn3c(ccc4ccccc43)nc2=O)cc1. The van der Waals surface area contributed by atoms with Crippen molar-refractivity contribution in [3.8, 4) is 11.3 Å². The third-order valence-electron chi connectivity index (χ3n) is 3.74. The van der Waals surface area contributed by atoms with E-state index in [9.17, 15) is 4.79 Å². The lowest BCUT2D eigenvalue weighted by Gasteiger charge is -2.07. The van der Waals surface area contributed by atoms with E-state index in [1.54, 1.807) is 4.52 Å². The number of nitrogens with zero attached hydrogens (tertiary/aromatic N) is 3. The lowest BCUT2D eigenvalue weighted by atomic mass is 10.1. The fourth-order valence-electron chi connectivity index (χ4n) is 2.56. The maximum atomic E-state index is 12.3. The average Bonchev–Trinajstić information content (AvgIpc) is 2.55. The molecule has 2 aromatic carbocycles. The summed E-state index contributed by atoms with van der Waals surface area (Å²) in [6, 6.07) is 19.4. The molecule has 0 saturated carbocycles. The van der Waals surface area contributed by atoms with Gasteiger partial charge in [-0.15, -0.1) is 0 Å². The van der Waals surface area contributed by atoms with Gasteiger partial charge < -0.3 is 0 Å². The molecule has 0 radical (unpaired) electrons. The average molecular weight is 287 g/mol. The summed E-state index contributed by atoms with van der Waals surface area (Å²) in [5, 5.41) is 5.60. The molecule has 0 aliphatic rings. The maximum Gasteiger partial charge on any atom is 0.300 e. The molecule has 0 N–H and O–H groups in total. The van der Waals surface area contributed by atoms with Gasteiger partial charge in [0.05, 0.1) is 5.52 Å². The van der Waals surface area contributed by atoms with Gasteiger partial charge in [-0.05, 0) is 25.1 Å². The third-order valence-corrected chi connectivity index (χ3v) is 3.74. The van der Waals surface area contributed by atoms with Crippen molar-refractivity contribution >= 4 is 16.6 Å². The highest BCUT2D eigenvalue weighted by Crippen LogP contribution is 2.17. The molecule has 2 heterocycles. The molecule has 4 nitrogen and oxygen atoms in total. The van der Waals surface area contributed by atoms with E-state index in [0.29, 0.717) is 11.3 Å². The van der Waals surface area contributed by atoms with Crippen LogP contribution in [0.5, 0.6) is 0 Å².